The van der Waals surface area contributed by atoms with Gasteiger partial charge in [0.25, 0.3) is 5.91 Å². The highest BCUT2D eigenvalue weighted by atomic mass is 16.5. The maximum absolute atomic E-state index is 12.9. The Hall–Kier alpha value is -1.63. The average Bonchev–Trinajstić information content (AvgIpc) is 2.33. The number of rotatable bonds is 3. The predicted octanol–water partition coefficient (Wildman–Crippen LogP) is 0.582. The smallest absolute Gasteiger partial charge is 0.330 e. The molecule has 1 rings (SSSR count). The molecule has 0 spiro atoms. The highest BCUT2D eigenvalue weighted by Gasteiger charge is 2.49. The number of hydrogen-bond donors (Lipinski definition) is 1. The molecule has 0 aliphatic carbocycles. The number of carboxylic acids is 1. The van der Waals surface area contributed by atoms with Crippen molar-refractivity contribution in [3.05, 3.63) is 0 Å². The van der Waals surface area contributed by atoms with E-state index < -0.39 is 34.9 Å². The van der Waals surface area contributed by atoms with Crippen LogP contribution in [0.2, 0.25) is 0 Å². The Kier molecular flexibility index (Phi) is 5.22. The molecule has 1 heterocycles. The lowest BCUT2D eigenvalue weighted by Crippen LogP contribution is -2.67. The first-order valence-electron chi connectivity index (χ1n) is 7.30. The summed E-state index contributed by atoms with van der Waals surface area (Å²) in [6.07, 6.45) is -1.01. The van der Waals surface area contributed by atoms with E-state index in [4.69, 9.17) is 4.74 Å². The highest BCUT2D eigenvalue weighted by molar-refractivity contribution is 5.90. The molecule has 1 fully saturated rings. The third-order valence-corrected chi connectivity index (χ3v) is 3.90. The summed E-state index contributed by atoms with van der Waals surface area (Å²) in [4.78, 5) is 39.1. The number of hydrogen-bond acceptors (Lipinski definition) is 5. The highest BCUT2D eigenvalue weighted by Crippen LogP contribution is 2.29. The summed E-state index contributed by atoms with van der Waals surface area (Å²) in [5.41, 5.74) is -1.96. The summed E-state index contributed by atoms with van der Waals surface area (Å²) in [6.45, 7) is 9.21. The van der Waals surface area contributed by atoms with Gasteiger partial charge in [0.1, 0.15) is 0 Å². The molecule has 0 bridgehead atoms. The van der Waals surface area contributed by atoms with E-state index >= 15 is 0 Å². The molecule has 1 amide bonds. The van der Waals surface area contributed by atoms with Crippen molar-refractivity contribution in [1.29, 1.82) is 0 Å². The van der Waals surface area contributed by atoms with Gasteiger partial charge in [-0.25, -0.2) is 4.79 Å². The van der Waals surface area contributed by atoms with Crippen molar-refractivity contribution in [2.45, 2.75) is 46.3 Å². The van der Waals surface area contributed by atoms with Gasteiger partial charge < -0.3 is 19.6 Å². The lowest BCUT2D eigenvalue weighted by atomic mass is 9.86. The summed E-state index contributed by atoms with van der Waals surface area (Å²) in [6, 6.07) is 0. The van der Waals surface area contributed by atoms with Gasteiger partial charge in [-0.05, 0) is 14.0 Å². The topological polar surface area (TPSA) is 87.2 Å². The van der Waals surface area contributed by atoms with Crippen LogP contribution < -0.4 is 0 Å². The zero-order chi connectivity index (χ0) is 17.3. The maximum atomic E-state index is 12.9. The van der Waals surface area contributed by atoms with Gasteiger partial charge in [0.05, 0.1) is 0 Å². The first-order chi connectivity index (χ1) is 9.89. The van der Waals surface area contributed by atoms with Gasteiger partial charge in [0, 0.05) is 32.0 Å². The second-order valence-corrected chi connectivity index (χ2v) is 7.16. The minimum atomic E-state index is -1.34. The van der Waals surface area contributed by atoms with Crippen LogP contribution in [0.25, 0.3) is 0 Å². The molecule has 0 aromatic rings. The van der Waals surface area contributed by atoms with E-state index in [0.717, 1.165) is 0 Å². The van der Waals surface area contributed by atoms with E-state index in [2.05, 4.69) is 0 Å². The van der Waals surface area contributed by atoms with E-state index in [0.29, 0.717) is 6.54 Å². The molecule has 126 valence electrons. The van der Waals surface area contributed by atoms with Gasteiger partial charge in [0.15, 0.2) is 11.6 Å². The summed E-state index contributed by atoms with van der Waals surface area (Å²) >= 11 is 0. The van der Waals surface area contributed by atoms with Crippen LogP contribution in [-0.4, -0.2) is 71.1 Å². The summed E-state index contributed by atoms with van der Waals surface area (Å²) < 4.78 is 5.19. The zero-order valence-corrected chi connectivity index (χ0v) is 14.2. The van der Waals surface area contributed by atoms with Crippen molar-refractivity contribution < 1.29 is 24.2 Å². The van der Waals surface area contributed by atoms with Gasteiger partial charge in [-0.1, -0.05) is 20.8 Å². The van der Waals surface area contributed by atoms with Crippen LogP contribution in [0.4, 0.5) is 0 Å². The van der Waals surface area contributed by atoms with Crippen molar-refractivity contribution in [3.8, 4) is 0 Å². The standard InChI is InChI=1S/C15H26N2O5/c1-10(18)22-11(14(2,3)4)12(19)17-8-7-16(6)9-15(17,5)13(20)21/h11H,7-9H2,1-6H3,(H,20,21)/t11-,15-/m0/s1. The summed E-state index contributed by atoms with van der Waals surface area (Å²) in [5.74, 6) is -2.08. The number of aliphatic carboxylic acids is 1. The Balaban J connectivity index is 3.15. The van der Waals surface area contributed by atoms with Crippen LogP contribution in [0.15, 0.2) is 0 Å². The molecular formula is C15H26N2O5. The number of carbonyl (C=O) groups is 3. The van der Waals surface area contributed by atoms with Crippen LogP contribution in [0, 0.1) is 5.41 Å². The van der Waals surface area contributed by atoms with Gasteiger partial charge >= 0.3 is 11.9 Å². The molecule has 0 aromatic carbocycles. The van der Waals surface area contributed by atoms with E-state index in [1.165, 1.54) is 18.7 Å². The number of likely N-dealkylation sites (N-methyl/N-ethyl adjacent to an activating group) is 1. The second-order valence-electron chi connectivity index (χ2n) is 7.16. The van der Waals surface area contributed by atoms with Crippen LogP contribution >= 0.6 is 0 Å². The quantitative estimate of drug-likeness (QED) is 0.767. The molecule has 7 nitrogen and oxygen atoms in total. The van der Waals surface area contributed by atoms with Crippen molar-refractivity contribution in [2.24, 2.45) is 5.41 Å². The van der Waals surface area contributed by atoms with Crippen LogP contribution in [-0.2, 0) is 19.1 Å². The van der Waals surface area contributed by atoms with Crippen molar-refractivity contribution >= 4 is 17.8 Å². The number of amides is 1. The SMILES string of the molecule is CC(=O)O[C@@H](C(=O)N1CCN(C)C[C@@]1(C)C(=O)O)C(C)(C)C. The van der Waals surface area contributed by atoms with E-state index in [1.807, 2.05) is 11.9 Å². The fourth-order valence-electron chi connectivity index (χ4n) is 2.65. The van der Waals surface area contributed by atoms with Gasteiger partial charge in [-0.15, -0.1) is 0 Å². The Bertz CT molecular complexity index is 471. The minimum absolute atomic E-state index is 0.227. The van der Waals surface area contributed by atoms with Crippen molar-refractivity contribution in [3.63, 3.8) is 0 Å². The Morgan fingerprint density at radius 3 is 2.18 bits per heavy atom. The van der Waals surface area contributed by atoms with Crippen molar-refractivity contribution in [1.82, 2.24) is 9.80 Å². The lowest BCUT2D eigenvalue weighted by Gasteiger charge is -2.47. The summed E-state index contributed by atoms with van der Waals surface area (Å²) in [7, 11) is 1.82. The normalized spacial score (nSPS) is 24.7. The minimum Gasteiger partial charge on any atom is -0.479 e. The lowest BCUT2D eigenvalue weighted by molar-refractivity contribution is -0.177. The first-order valence-corrected chi connectivity index (χ1v) is 7.30. The molecule has 1 aliphatic heterocycles. The number of ether oxygens (including phenoxy) is 1. The molecule has 0 unspecified atom stereocenters. The Morgan fingerprint density at radius 2 is 1.77 bits per heavy atom. The molecule has 1 saturated heterocycles. The molecule has 1 N–H and O–H groups in total. The Morgan fingerprint density at radius 1 is 1.23 bits per heavy atom. The molecule has 0 saturated carbocycles. The van der Waals surface area contributed by atoms with Gasteiger partial charge in [0.2, 0.25) is 0 Å². The molecule has 7 heteroatoms. The third kappa shape index (κ3) is 3.76. The molecular weight excluding hydrogens is 288 g/mol. The van der Waals surface area contributed by atoms with E-state index in [-0.39, 0.29) is 13.1 Å². The molecule has 0 aromatic heterocycles. The number of carboxylic acid groups (broad SMARTS) is 1. The first kappa shape index (κ1) is 18.4. The number of nitrogens with zero attached hydrogens (tertiary/aromatic N) is 2. The van der Waals surface area contributed by atoms with Gasteiger partial charge in [-0.3, -0.25) is 9.59 Å². The fraction of sp³-hybridized carbons (Fsp3) is 0.800. The van der Waals surface area contributed by atoms with E-state index in [9.17, 15) is 19.5 Å². The molecule has 2 atom stereocenters. The molecule has 1 aliphatic rings. The molecule has 0 radical (unpaired) electrons. The van der Waals surface area contributed by atoms with E-state index in [1.54, 1.807) is 20.8 Å². The fourth-order valence-corrected chi connectivity index (χ4v) is 2.65. The number of carbonyl (C=O) groups excluding carboxylic acids is 2. The number of esters is 1. The molecule has 22 heavy (non-hydrogen) atoms. The van der Waals surface area contributed by atoms with Crippen LogP contribution in [0.5, 0.6) is 0 Å². The van der Waals surface area contributed by atoms with Crippen molar-refractivity contribution in [2.75, 3.05) is 26.7 Å². The zero-order valence-electron chi connectivity index (χ0n) is 14.2. The summed E-state index contributed by atoms with van der Waals surface area (Å²) in [5, 5.41) is 9.57. The van der Waals surface area contributed by atoms with Crippen LogP contribution in [0.1, 0.15) is 34.6 Å². The third-order valence-electron chi connectivity index (χ3n) is 3.90. The van der Waals surface area contributed by atoms with Crippen LogP contribution in [0.3, 0.4) is 0 Å². The predicted molar refractivity (Wildman–Crippen MR) is 80.3 cm³/mol. The second kappa shape index (κ2) is 6.24. The largest absolute Gasteiger partial charge is 0.479 e. The monoisotopic (exact) mass is 314 g/mol. The number of piperazine rings is 1. The van der Waals surface area contributed by atoms with Gasteiger partial charge in [-0.2, -0.15) is 0 Å². The maximum Gasteiger partial charge on any atom is 0.330 e. The average molecular weight is 314 g/mol. The Labute approximate surface area is 131 Å².